The quantitative estimate of drug-likeness (QED) is 0.527. The molecule has 0 nitrogen and oxygen atoms in total. The minimum atomic E-state index is 0.483. The van der Waals surface area contributed by atoms with E-state index < -0.39 is 0 Å². The van der Waals surface area contributed by atoms with E-state index >= 15 is 0 Å². The average molecular weight is 318 g/mol. The molecule has 0 fully saturated rings. The van der Waals surface area contributed by atoms with E-state index in [2.05, 4.69) is 83.3 Å². The number of allylic oxidation sites excluding steroid dienone is 1. The lowest BCUT2D eigenvalue weighted by Gasteiger charge is -2.09. The summed E-state index contributed by atoms with van der Waals surface area (Å²) in [6.45, 7) is 0. The number of benzene rings is 2. The van der Waals surface area contributed by atoms with Crippen LogP contribution in [0, 0.1) is 0 Å². The summed E-state index contributed by atoms with van der Waals surface area (Å²) < 4.78 is 0.483. The van der Waals surface area contributed by atoms with Crippen molar-refractivity contribution in [2.45, 2.75) is 3.92 Å². The second-order valence-corrected chi connectivity index (χ2v) is 5.20. The number of rotatable bonds is 1. The summed E-state index contributed by atoms with van der Waals surface area (Å²) in [7, 11) is 0. The van der Waals surface area contributed by atoms with E-state index in [1.165, 1.54) is 22.3 Å². The van der Waals surface area contributed by atoms with Crippen molar-refractivity contribution in [2.24, 2.45) is 0 Å². The molecule has 1 heteroatoms. The van der Waals surface area contributed by atoms with Gasteiger partial charge in [0.2, 0.25) is 0 Å². The number of halogens is 1. The van der Waals surface area contributed by atoms with Crippen LogP contribution in [0.4, 0.5) is 0 Å². The fraction of sp³-hybridized carbons (Fsp3) is 0.0667. The van der Waals surface area contributed by atoms with Gasteiger partial charge in [-0.25, -0.2) is 0 Å². The molecule has 0 N–H and O–H groups in total. The van der Waals surface area contributed by atoms with Crippen LogP contribution in [0.2, 0.25) is 0 Å². The molecule has 1 unspecified atom stereocenters. The molecule has 0 aromatic heterocycles. The van der Waals surface area contributed by atoms with Crippen LogP contribution < -0.4 is 0 Å². The molecule has 1 atom stereocenters. The minimum Gasteiger partial charge on any atom is -0.0721 e. The van der Waals surface area contributed by atoms with Gasteiger partial charge in [-0.2, -0.15) is 0 Å². The number of fused-ring (bicyclic) bond motifs is 1. The van der Waals surface area contributed by atoms with Crippen molar-refractivity contribution in [1.29, 1.82) is 0 Å². The van der Waals surface area contributed by atoms with Gasteiger partial charge in [0.1, 0.15) is 0 Å². The van der Waals surface area contributed by atoms with Crippen molar-refractivity contribution in [3.63, 3.8) is 0 Å². The van der Waals surface area contributed by atoms with Crippen molar-refractivity contribution in [3.8, 4) is 0 Å². The lowest BCUT2D eigenvalue weighted by Crippen LogP contribution is -1.88. The zero-order valence-electron chi connectivity index (χ0n) is 8.73. The summed E-state index contributed by atoms with van der Waals surface area (Å²) in [6.07, 6.45) is 2.31. The minimum absolute atomic E-state index is 0.483. The Morgan fingerprint density at radius 1 is 0.812 bits per heavy atom. The van der Waals surface area contributed by atoms with Crippen molar-refractivity contribution in [1.82, 2.24) is 0 Å². The summed E-state index contributed by atoms with van der Waals surface area (Å²) >= 11 is 2.52. The third-order valence-electron chi connectivity index (χ3n) is 2.96. The molecular weight excluding hydrogens is 307 g/mol. The molecule has 0 bridgehead atoms. The number of hydrogen-bond donors (Lipinski definition) is 0. The average Bonchev–Trinajstić information content (AvgIpc) is 2.69. The van der Waals surface area contributed by atoms with Crippen LogP contribution in [0.3, 0.4) is 0 Å². The molecule has 2 aromatic carbocycles. The van der Waals surface area contributed by atoms with Crippen molar-refractivity contribution in [3.05, 3.63) is 71.3 Å². The van der Waals surface area contributed by atoms with Gasteiger partial charge < -0.3 is 0 Å². The van der Waals surface area contributed by atoms with Gasteiger partial charge >= 0.3 is 0 Å². The van der Waals surface area contributed by atoms with Crippen LogP contribution >= 0.6 is 22.6 Å². The van der Waals surface area contributed by atoms with Crippen molar-refractivity contribution < 1.29 is 0 Å². The third-order valence-corrected chi connectivity index (χ3v) is 4.30. The van der Waals surface area contributed by atoms with E-state index in [-0.39, 0.29) is 0 Å². The Balaban J connectivity index is 2.09. The molecule has 0 spiro atoms. The monoisotopic (exact) mass is 318 g/mol. The molecule has 3 rings (SSSR count). The Morgan fingerprint density at radius 3 is 2.25 bits per heavy atom. The predicted octanol–water partition coefficient (Wildman–Crippen LogP) is 4.72. The van der Waals surface area contributed by atoms with Gasteiger partial charge in [0.15, 0.2) is 0 Å². The predicted molar refractivity (Wildman–Crippen MR) is 77.5 cm³/mol. The van der Waals surface area contributed by atoms with Crippen LogP contribution in [-0.4, -0.2) is 0 Å². The maximum absolute atomic E-state index is 2.52. The van der Waals surface area contributed by atoms with Gasteiger partial charge in [-0.05, 0) is 28.3 Å². The Bertz CT molecular complexity index is 540. The van der Waals surface area contributed by atoms with E-state index in [1.807, 2.05) is 0 Å². The fourth-order valence-electron chi connectivity index (χ4n) is 2.14. The molecule has 0 amide bonds. The SMILES string of the molecule is IC1C(c2ccccc2)=Cc2ccccc21. The molecule has 0 saturated carbocycles. The van der Waals surface area contributed by atoms with Crippen molar-refractivity contribution in [2.75, 3.05) is 0 Å². The smallest absolute Gasteiger partial charge is 0.0620 e. The maximum Gasteiger partial charge on any atom is 0.0620 e. The summed E-state index contributed by atoms with van der Waals surface area (Å²) in [4.78, 5) is 0. The number of hydrogen-bond acceptors (Lipinski definition) is 0. The lowest BCUT2D eigenvalue weighted by molar-refractivity contribution is 1.32. The molecular formula is C15H11I. The van der Waals surface area contributed by atoms with Crippen LogP contribution in [0.15, 0.2) is 54.6 Å². The first-order valence-electron chi connectivity index (χ1n) is 5.36. The Morgan fingerprint density at radius 2 is 1.50 bits per heavy atom. The van der Waals surface area contributed by atoms with Gasteiger partial charge in [-0.3, -0.25) is 0 Å². The molecule has 16 heavy (non-hydrogen) atoms. The van der Waals surface area contributed by atoms with Gasteiger partial charge in [-0.1, -0.05) is 77.2 Å². The highest BCUT2D eigenvalue weighted by molar-refractivity contribution is 14.1. The van der Waals surface area contributed by atoms with E-state index in [1.54, 1.807) is 0 Å². The topological polar surface area (TPSA) is 0 Å². The van der Waals surface area contributed by atoms with E-state index in [9.17, 15) is 0 Å². The summed E-state index contributed by atoms with van der Waals surface area (Å²) in [5.74, 6) is 0. The second-order valence-electron chi connectivity index (χ2n) is 3.96. The van der Waals surface area contributed by atoms with Crippen LogP contribution in [0.25, 0.3) is 11.6 Å². The van der Waals surface area contributed by atoms with E-state index in [4.69, 9.17) is 0 Å². The third kappa shape index (κ3) is 1.59. The molecule has 78 valence electrons. The summed E-state index contributed by atoms with van der Waals surface area (Å²) in [5, 5.41) is 0. The largest absolute Gasteiger partial charge is 0.0721 e. The van der Waals surface area contributed by atoms with Gasteiger partial charge in [0, 0.05) is 0 Å². The maximum atomic E-state index is 2.52. The van der Waals surface area contributed by atoms with E-state index in [0.29, 0.717) is 3.92 Å². The normalized spacial score (nSPS) is 18.1. The highest BCUT2D eigenvalue weighted by Gasteiger charge is 2.22. The van der Waals surface area contributed by atoms with Crippen LogP contribution in [0.1, 0.15) is 20.6 Å². The first-order chi connectivity index (χ1) is 7.86. The van der Waals surface area contributed by atoms with Crippen molar-refractivity contribution >= 4 is 34.2 Å². The zero-order valence-corrected chi connectivity index (χ0v) is 10.9. The Labute approximate surface area is 109 Å². The lowest BCUT2D eigenvalue weighted by atomic mass is 10.0. The molecule has 0 heterocycles. The number of alkyl halides is 1. The highest BCUT2D eigenvalue weighted by atomic mass is 127. The van der Waals surface area contributed by atoms with Gasteiger partial charge in [-0.15, -0.1) is 0 Å². The second kappa shape index (κ2) is 4.06. The fourth-order valence-corrected chi connectivity index (χ4v) is 3.25. The molecule has 0 radical (unpaired) electrons. The van der Waals surface area contributed by atoms with Crippen LogP contribution in [-0.2, 0) is 0 Å². The molecule has 2 aromatic rings. The first-order valence-corrected chi connectivity index (χ1v) is 6.61. The summed E-state index contributed by atoms with van der Waals surface area (Å²) in [5.41, 5.74) is 5.54. The Kier molecular flexibility index (Phi) is 2.56. The molecule has 1 aliphatic carbocycles. The van der Waals surface area contributed by atoms with Gasteiger partial charge in [0.25, 0.3) is 0 Å². The van der Waals surface area contributed by atoms with E-state index in [0.717, 1.165) is 0 Å². The molecule has 0 aliphatic heterocycles. The Hall–Kier alpha value is -1.09. The summed E-state index contributed by atoms with van der Waals surface area (Å²) in [6, 6.07) is 19.3. The standard InChI is InChI=1S/C15H11I/c16-15-13-9-5-4-8-12(13)10-14(15)11-6-2-1-3-7-11/h1-10,15H. The highest BCUT2D eigenvalue weighted by Crippen LogP contribution is 2.45. The molecule has 1 aliphatic rings. The zero-order chi connectivity index (χ0) is 11.0. The molecule has 0 saturated heterocycles. The van der Waals surface area contributed by atoms with Crippen LogP contribution in [0.5, 0.6) is 0 Å². The van der Waals surface area contributed by atoms with Gasteiger partial charge in [0.05, 0.1) is 3.92 Å². The first kappa shape index (κ1) is 10.1.